The average molecular weight is 276 g/mol. The first-order valence-electron chi connectivity index (χ1n) is 6.43. The molecule has 20 heavy (non-hydrogen) atoms. The van der Waals surface area contributed by atoms with Gasteiger partial charge < -0.3 is 14.6 Å². The quantitative estimate of drug-likeness (QED) is 0.741. The standard InChI is InChI=1S/C16H20O4/c1-4-6-12(5-2)11-20-15-10-14(19-3)8-7-13(15)9-16(17)18/h5-8,10H,2,4,9,11H2,1,3H3,(H,17,18)/b12-6+. The van der Waals surface area contributed by atoms with Crippen LogP contribution in [-0.2, 0) is 11.2 Å². The highest BCUT2D eigenvalue weighted by molar-refractivity contribution is 5.71. The molecule has 0 spiro atoms. The second kappa shape index (κ2) is 8.04. The molecule has 0 atom stereocenters. The molecule has 1 rings (SSSR count). The van der Waals surface area contributed by atoms with Gasteiger partial charge in [-0.05, 0) is 18.1 Å². The maximum absolute atomic E-state index is 10.9. The summed E-state index contributed by atoms with van der Waals surface area (Å²) >= 11 is 0. The Balaban J connectivity index is 2.92. The number of ether oxygens (including phenoxy) is 2. The second-order valence-corrected chi connectivity index (χ2v) is 4.22. The summed E-state index contributed by atoms with van der Waals surface area (Å²) in [5.74, 6) is 0.262. The van der Waals surface area contributed by atoms with Gasteiger partial charge in [-0.15, -0.1) is 0 Å². The van der Waals surface area contributed by atoms with Gasteiger partial charge in [-0.25, -0.2) is 0 Å². The van der Waals surface area contributed by atoms with Crippen LogP contribution in [0.3, 0.4) is 0 Å². The van der Waals surface area contributed by atoms with Gasteiger partial charge in [0.2, 0.25) is 0 Å². The van der Waals surface area contributed by atoms with E-state index in [0.29, 0.717) is 23.7 Å². The number of allylic oxidation sites excluding steroid dienone is 1. The maximum Gasteiger partial charge on any atom is 0.307 e. The van der Waals surface area contributed by atoms with Crippen LogP contribution in [0.2, 0.25) is 0 Å². The van der Waals surface area contributed by atoms with Gasteiger partial charge in [0, 0.05) is 11.6 Å². The summed E-state index contributed by atoms with van der Waals surface area (Å²) in [6, 6.07) is 5.13. The van der Waals surface area contributed by atoms with Gasteiger partial charge in [0.25, 0.3) is 0 Å². The number of methoxy groups -OCH3 is 1. The molecule has 0 fully saturated rings. The van der Waals surface area contributed by atoms with Gasteiger partial charge >= 0.3 is 5.97 Å². The number of hydrogen-bond donors (Lipinski definition) is 1. The Morgan fingerprint density at radius 1 is 1.45 bits per heavy atom. The summed E-state index contributed by atoms with van der Waals surface area (Å²) < 4.78 is 10.8. The number of carbonyl (C=O) groups is 1. The molecule has 0 unspecified atom stereocenters. The van der Waals surface area contributed by atoms with Gasteiger partial charge in [0.15, 0.2) is 0 Å². The van der Waals surface area contributed by atoms with E-state index in [4.69, 9.17) is 14.6 Å². The van der Waals surface area contributed by atoms with E-state index >= 15 is 0 Å². The second-order valence-electron chi connectivity index (χ2n) is 4.22. The van der Waals surface area contributed by atoms with Gasteiger partial charge in [0.1, 0.15) is 18.1 Å². The Bertz CT molecular complexity index is 503. The van der Waals surface area contributed by atoms with Crippen LogP contribution in [0.1, 0.15) is 18.9 Å². The fraction of sp³-hybridized carbons (Fsp3) is 0.312. The molecule has 0 aromatic heterocycles. The number of rotatable bonds is 8. The van der Waals surface area contributed by atoms with E-state index in [1.807, 2.05) is 13.0 Å². The Kier molecular flexibility index (Phi) is 6.37. The summed E-state index contributed by atoms with van der Waals surface area (Å²) in [5.41, 5.74) is 1.59. The molecule has 1 N–H and O–H groups in total. The smallest absolute Gasteiger partial charge is 0.307 e. The number of carboxylic acid groups (broad SMARTS) is 1. The van der Waals surface area contributed by atoms with Gasteiger partial charge in [-0.2, -0.15) is 0 Å². The molecule has 0 saturated carbocycles. The van der Waals surface area contributed by atoms with E-state index in [0.717, 1.165) is 12.0 Å². The zero-order chi connectivity index (χ0) is 15.0. The molecule has 0 aliphatic rings. The lowest BCUT2D eigenvalue weighted by atomic mass is 10.1. The number of carboxylic acids is 1. The van der Waals surface area contributed by atoms with E-state index in [1.54, 1.807) is 31.4 Å². The number of aliphatic carboxylic acids is 1. The summed E-state index contributed by atoms with van der Waals surface area (Å²) in [7, 11) is 1.56. The van der Waals surface area contributed by atoms with E-state index in [2.05, 4.69) is 6.58 Å². The van der Waals surface area contributed by atoms with Crippen molar-refractivity contribution in [3.63, 3.8) is 0 Å². The highest BCUT2D eigenvalue weighted by atomic mass is 16.5. The van der Waals surface area contributed by atoms with Crippen LogP contribution in [0.15, 0.2) is 42.5 Å². The zero-order valence-electron chi connectivity index (χ0n) is 11.9. The van der Waals surface area contributed by atoms with E-state index < -0.39 is 5.97 Å². The van der Waals surface area contributed by atoms with Crippen molar-refractivity contribution in [2.45, 2.75) is 19.8 Å². The summed E-state index contributed by atoms with van der Waals surface area (Å²) in [6.45, 7) is 6.12. The number of hydrogen-bond acceptors (Lipinski definition) is 3. The van der Waals surface area contributed by atoms with Crippen LogP contribution in [-0.4, -0.2) is 24.8 Å². The molecule has 0 radical (unpaired) electrons. The first-order valence-corrected chi connectivity index (χ1v) is 6.43. The molecule has 0 amide bonds. The summed E-state index contributed by atoms with van der Waals surface area (Å²) in [5, 5.41) is 8.91. The molecule has 1 aromatic carbocycles. The molecular weight excluding hydrogens is 256 g/mol. The lowest BCUT2D eigenvalue weighted by Crippen LogP contribution is -2.06. The minimum atomic E-state index is -0.895. The molecular formula is C16H20O4. The lowest BCUT2D eigenvalue weighted by Gasteiger charge is -2.12. The minimum Gasteiger partial charge on any atom is -0.497 e. The van der Waals surface area contributed by atoms with Gasteiger partial charge in [-0.1, -0.05) is 31.7 Å². The summed E-state index contributed by atoms with van der Waals surface area (Å²) in [6.07, 6.45) is 4.57. The Hall–Kier alpha value is -2.23. The SMILES string of the molecule is C=C/C(=C\CC)COc1cc(OC)ccc1CC(=O)O. The Labute approximate surface area is 119 Å². The van der Waals surface area contributed by atoms with Crippen molar-refractivity contribution >= 4 is 5.97 Å². The lowest BCUT2D eigenvalue weighted by molar-refractivity contribution is -0.136. The monoisotopic (exact) mass is 276 g/mol. The first kappa shape index (κ1) is 15.8. The third-order valence-electron chi connectivity index (χ3n) is 2.74. The average Bonchev–Trinajstić information content (AvgIpc) is 2.44. The number of benzene rings is 1. The molecule has 4 heteroatoms. The molecule has 0 bridgehead atoms. The normalized spacial score (nSPS) is 11.0. The van der Waals surface area contributed by atoms with E-state index in [9.17, 15) is 4.79 Å². The maximum atomic E-state index is 10.9. The highest BCUT2D eigenvalue weighted by Crippen LogP contribution is 2.26. The summed E-state index contributed by atoms with van der Waals surface area (Å²) in [4.78, 5) is 10.9. The zero-order valence-corrected chi connectivity index (χ0v) is 11.9. The van der Waals surface area contributed by atoms with Crippen molar-refractivity contribution in [1.29, 1.82) is 0 Å². The largest absolute Gasteiger partial charge is 0.497 e. The third kappa shape index (κ3) is 4.80. The molecule has 0 heterocycles. The van der Waals surface area contributed by atoms with Crippen LogP contribution in [0.4, 0.5) is 0 Å². The van der Waals surface area contributed by atoms with Crippen molar-refractivity contribution in [3.8, 4) is 11.5 Å². The fourth-order valence-corrected chi connectivity index (χ4v) is 1.73. The Morgan fingerprint density at radius 3 is 2.75 bits per heavy atom. The minimum absolute atomic E-state index is 0.0831. The third-order valence-corrected chi connectivity index (χ3v) is 2.74. The Morgan fingerprint density at radius 2 is 2.20 bits per heavy atom. The van der Waals surface area contributed by atoms with Crippen molar-refractivity contribution in [2.75, 3.05) is 13.7 Å². The molecule has 108 valence electrons. The fourth-order valence-electron chi connectivity index (χ4n) is 1.73. The van der Waals surface area contributed by atoms with Crippen LogP contribution >= 0.6 is 0 Å². The van der Waals surface area contributed by atoms with Crippen LogP contribution in [0.5, 0.6) is 11.5 Å². The van der Waals surface area contributed by atoms with E-state index in [-0.39, 0.29) is 6.42 Å². The van der Waals surface area contributed by atoms with Crippen LogP contribution in [0.25, 0.3) is 0 Å². The van der Waals surface area contributed by atoms with Gasteiger partial charge in [-0.3, -0.25) is 4.79 Å². The molecule has 0 aliphatic heterocycles. The molecule has 1 aromatic rings. The van der Waals surface area contributed by atoms with Crippen molar-refractivity contribution in [2.24, 2.45) is 0 Å². The van der Waals surface area contributed by atoms with E-state index in [1.165, 1.54) is 0 Å². The highest BCUT2D eigenvalue weighted by Gasteiger charge is 2.10. The van der Waals surface area contributed by atoms with Crippen molar-refractivity contribution in [1.82, 2.24) is 0 Å². The van der Waals surface area contributed by atoms with Crippen molar-refractivity contribution < 1.29 is 19.4 Å². The predicted molar refractivity (Wildman–Crippen MR) is 78.4 cm³/mol. The van der Waals surface area contributed by atoms with Crippen LogP contribution in [0, 0.1) is 0 Å². The van der Waals surface area contributed by atoms with Crippen molar-refractivity contribution in [3.05, 3.63) is 48.1 Å². The molecule has 4 nitrogen and oxygen atoms in total. The molecule has 0 saturated heterocycles. The topological polar surface area (TPSA) is 55.8 Å². The van der Waals surface area contributed by atoms with Crippen LogP contribution < -0.4 is 9.47 Å². The first-order chi connectivity index (χ1) is 9.60. The molecule has 0 aliphatic carbocycles. The van der Waals surface area contributed by atoms with Gasteiger partial charge in [0.05, 0.1) is 13.5 Å². The predicted octanol–water partition coefficient (Wildman–Crippen LogP) is 3.22.